The van der Waals surface area contributed by atoms with E-state index >= 15 is 0 Å². The minimum atomic E-state index is 0.562. The monoisotopic (exact) mass is 225 g/mol. The summed E-state index contributed by atoms with van der Waals surface area (Å²) < 4.78 is 5.40. The smallest absolute Gasteiger partial charge is 0.0495 e. The molecule has 0 aromatic carbocycles. The molecule has 0 amide bonds. The Kier molecular flexibility index (Phi) is 4.26. The van der Waals surface area contributed by atoms with Gasteiger partial charge in [0.25, 0.3) is 0 Å². The van der Waals surface area contributed by atoms with Gasteiger partial charge in [0.15, 0.2) is 0 Å². The van der Waals surface area contributed by atoms with Gasteiger partial charge in [-0.1, -0.05) is 20.3 Å². The molecular formula is C14H27NO. The molecule has 0 aromatic heterocycles. The van der Waals surface area contributed by atoms with Crippen LogP contribution < -0.4 is 5.32 Å². The van der Waals surface area contributed by atoms with Gasteiger partial charge in [-0.15, -0.1) is 0 Å². The number of nitrogens with one attached hydrogen (secondary N) is 1. The van der Waals surface area contributed by atoms with Crippen molar-refractivity contribution in [2.45, 2.75) is 58.4 Å². The van der Waals surface area contributed by atoms with Crippen molar-refractivity contribution < 1.29 is 4.74 Å². The van der Waals surface area contributed by atoms with Crippen LogP contribution >= 0.6 is 0 Å². The molecule has 2 heteroatoms. The molecule has 2 unspecified atom stereocenters. The van der Waals surface area contributed by atoms with Gasteiger partial charge >= 0.3 is 0 Å². The summed E-state index contributed by atoms with van der Waals surface area (Å²) in [5.41, 5.74) is 0.562. The summed E-state index contributed by atoms with van der Waals surface area (Å²) in [7, 11) is 0. The standard InChI is InChI=1S/C14H27NO/c1-14(2)7-3-4-13(10-14)15-8-5-12-6-9-16-11-12/h12-13,15H,3-11H2,1-2H3. The molecule has 1 aliphatic carbocycles. The van der Waals surface area contributed by atoms with Gasteiger partial charge < -0.3 is 10.1 Å². The maximum Gasteiger partial charge on any atom is 0.0495 e. The van der Waals surface area contributed by atoms with Crippen molar-refractivity contribution in [3.05, 3.63) is 0 Å². The molecule has 1 N–H and O–H groups in total. The Morgan fingerprint density at radius 1 is 1.31 bits per heavy atom. The Labute approximate surface area is 100 Å². The minimum Gasteiger partial charge on any atom is -0.381 e. The van der Waals surface area contributed by atoms with Gasteiger partial charge in [0.1, 0.15) is 0 Å². The largest absolute Gasteiger partial charge is 0.381 e. The zero-order chi connectivity index (χ0) is 11.4. The molecule has 94 valence electrons. The van der Waals surface area contributed by atoms with Crippen LogP contribution in [0.4, 0.5) is 0 Å². The maximum atomic E-state index is 5.40. The fraction of sp³-hybridized carbons (Fsp3) is 1.00. The average molecular weight is 225 g/mol. The molecule has 1 heterocycles. The van der Waals surface area contributed by atoms with Crippen LogP contribution in [-0.4, -0.2) is 25.8 Å². The highest BCUT2D eigenvalue weighted by Crippen LogP contribution is 2.35. The second-order valence-electron chi connectivity index (χ2n) is 6.43. The molecule has 16 heavy (non-hydrogen) atoms. The second kappa shape index (κ2) is 5.50. The molecule has 2 atom stereocenters. The van der Waals surface area contributed by atoms with Crippen molar-refractivity contribution in [1.29, 1.82) is 0 Å². The minimum absolute atomic E-state index is 0.562. The summed E-state index contributed by atoms with van der Waals surface area (Å²) in [6.07, 6.45) is 8.12. The van der Waals surface area contributed by atoms with E-state index in [0.29, 0.717) is 5.41 Å². The van der Waals surface area contributed by atoms with E-state index in [1.54, 1.807) is 0 Å². The lowest BCUT2D eigenvalue weighted by molar-refractivity contribution is 0.180. The molecule has 1 aliphatic heterocycles. The molecule has 0 spiro atoms. The molecule has 1 saturated heterocycles. The zero-order valence-corrected chi connectivity index (χ0v) is 10.9. The van der Waals surface area contributed by atoms with E-state index < -0.39 is 0 Å². The predicted octanol–water partition coefficient (Wildman–Crippen LogP) is 2.97. The SMILES string of the molecule is CC1(C)CCCC(NCCC2CCOC2)C1. The quantitative estimate of drug-likeness (QED) is 0.794. The molecule has 2 aliphatic rings. The van der Waals surface area contributed by atoms with Gasteiger partial charge in [-0.05, 0) is 50.0 Å². The van der Waals surface area contributed by atoms with Gasteiger partial charge in [-0.25, -0.2) is 0 Å². The van der Waals surface area contributed by atoms with Gasteiger partial charge in [0, 0.05) is 19.3 Å². The molecule has 1 saturated carbocycles. The Morgan fingerprint density at radius 3 is 2.88 bits per heavy atom. The molecule has 0 aromatic rings. The fourth-order valence-electron chi connectivity index (χ4n) is 3.17. The van der Waals surface area contributed by atoms with Crippen molar-refractivity contribution in [3.8, 4) is 0 Å². The van der Waals surface area contributed by atoms with Crippen LogP contribution in [0, 0.1) is 11.3 Å². The molecular weight excluding hydrogens is 198 g/mol. The highest BCUT2D eigenvalue weighted by Gasteiger charge is 2.27. The third-order valence-electron chi connectivity index (χ3n) is 4.21. The Morgan fingerprint density at radius 2 is 2.19 bits per heavy atom. The van der Waals surface area contributed by atoms with E-state index in [1.807, 2.05) is 0 Å². The van der Waals surface area contributed by atoms with Gasteiger partial charge in [0.2, 0.25) is 0 Å². The molecule has 2 rings (SSSR count). The summed E-state index contributed by atoms with van der Waals surface area (Å²) >= 11 is 0. The lowest BCUT2D eigenvalue weighted by atomic mass is 9.75. The highest BCUT2D eigenvalue weighted by atomic mass is 16.5. The Bertz CT molecular complexity index is 209. The van der Waals surface area contributed by atoms with Crippen LogP contribution in [0.25, 0.3) is 0 Å². The first-order valence-corrected chi connectivity index (χ1v) is 6.97. The summed E-state index contributed by atoms with van der Waals surface area (Å²) in [5.74, 6) is 0.823. The average Bonchev–Trinajstić information content (AvgIpc) is 2.69. The van der Waals surface area contributed by atoms with E-state index in [2.05, 4.69) is 19.2 Å². The summed E-state index contributed by atoms with van der Waals surface area (Å²) in [5, 5.41) is 3.75. The van der Waals surface area contributed by atoms with Crippen molar-refractivity contribution in [2.75, 3.05) is 19.8 Å². The normalized spacial score (nSPS) is 34.1. The van der Waals surface area contributed by atoms with Crippen LogP contribution in [0.2, 0.25) is 0 Å². The third kappa shape index (κ3) is 3.74. The van der Waals surface area contributed by atoms with Gasteiger partial charge in [-0.3, -0.25) is 0 Å². The first-order chi connectivity index (χ1) is 7.66. The Hall–Kier alpha value is -0.0800. The lowest BCUT2D eigenvalue weighted by Crippen LogP contribution is -2.38. The first kappa shape index (κ1) is 12.4. The van der Waals surface area contributed by atoms with E-state index in [9.17, 15) is 0 Å². The highest BCUT2D eigenvalue weighted by molar-refractivity contribution is 4.83. The van der Waals surface area contributed by atoms with Crippen LogP contribution in [0.15, 0.2) is 0 Å². The van der Waals surface area contributed by atoms with E-state index in [0.717, 1.165) is 25.2 Å². The lowest BCUT2D eigenvalue weighted by Gasteiger charge is -2.35. The number of hydrogen-bond donors (Lipinski definition) is 1. The Balaban J connectivity index is 1.61. The number of ether oxygens (including phenoxy) is 1. The molecule has 2 nitrogen and oxygen atoms in total. The maximum absolute atomic E-state index is 5.40. The summed E-state index contributed by atoms with van der Waals surface area (Å²) in [6.45, 7) is 7.99. The zero-order valence-electron chi connectivity index (χ0n) is 10.9. The van der Waals surface area contributed by atoms with Crippen LogP contribution in [0.1, 0.15) is 52.4 Å². The van der Waals surface area contributed by atoms with Crippen LogP contribution in [0.5, 0.6) is 0 Å². The van der Waals surface area contributed by atoms with Crippen LogP contribution in [-0.2, 0) is 4.74 Å². The number of hydrogen-bond acceptors (Lipinski definition) is 2. The second-order valence-corrected chi connectivity index (χ2v) is 6.43. The van der Waals surface area contributed by atoms with Crippen molar-refractivity contribution in [2.24, 2.45) is 11.3 Å². The van der Waals surface area contributed by atoms with E-state index in [-0.39, 0.29) is 0 Å². The van der Waals surface area contributed by atoms with Crippen molar-refractivity contribution >= 4 is 0 Å². The number of rotatable bonds is 4. The van der Waals surface area contributed by atoms with Crippen molar-refractivity contribution in [1.82, 2.24) is 5.32 Å². The van der Waals surface area contributed by atoms with Gasteiger partial charge in [-0.2, -0.15) is 0 Å². The first-order valence-electron chi connectivity index (χ1n) is 6.97. The third-order valence-corrected chi connectivity index (χ3v) is 4.21. The molecule has 2 fully saturated rings. The fourth-order valence-corrected chi connectivity index (χ4v) is 3.17. The van der Waals surface area contributed by atoms with Crippen LogP contribution in [0.3, 0.4) is 0 Å². The molecule has 0 bridgehead atoms. The van der Waals surface area contributed by atoms with Crippen molar-refractivity contribution in [3.63, 3.8) is 0 Å². The summed E-state index contributed by atoms with van der Waals surface area (Å²) in [4.78, 5) is 0. The van der Waals surface area contributed by atoms with Gasteiger partial charge in [0.05, 0.1) is 0 Å². The van der Waals surface area contributed by atoms with E-state index in [1.165, 1.54) is 45.1 Å². The predicted molar refractivity (Wildman–Crippen MR) is 67.6 cm³/mol. The topological polar surface area (TPSA) is 21.3 Å². The molecule has 0 radical (unpaired) electrons. The van der Waals surface area contributed by atoms with E-state index in [4.69, 9.17) is 4.74 Å². The summed E-state index contributed by atoms with van der Waals surface area (Å²) in [6, 6.07) is 0.770.